The molecule has 1 fully saturated rings. The van der Waals surface area contributed by atoms with Gasteiger partial charge in [0.2, 0.25) is 5.91 Å². The predicted molar refractivity (Wildman–Crippen MR) is 69.2 cm³/mol. The molecule has 2 rings (SSSR count). The summed E-state index contributed by atoms with van der Waals surface area (Å²) in [5.74, 6) is 0.886. The fourth-order valence-corrected chi connectivity index (χ4v) is 3.04. The third-order valence-electron chi connectivity index (χ3n) is 3.10. The van der Waals surface area contributed by atoms with E-state index in [0.717, 1.165) is 0 Å². The molecule has 1 aromatic rings. The van der Waals surface area contributed by atoms with Crippen LogP contribution in [0, 0.1) is 5.82 Å². The Balaban J connectivity index is 1.85. The number of carbonyl (C=O) groups excluding carboxylic acids is 1. The molecule has 98 valence electrons. The molecule has 0 bridgehead atoms. The molecule has 18 heavy (non-hydrogen) atoms. The van der Waals surface area contributed by atoms with Crippen LogP contribution in [-0.2, 0) is 22.0 Å². The lowest BCUT2D eigenvalue weighted by Crippen LogP contribution is -2.41. The van der Waals surface area contributed by atoms with E-state index in [1.54, 1.807) is 23.1 Å². The van der Waals surface area contributed by atoms with E-state index in [4.69, 9.17) is 0 Å². The summed E-state index contributed by atoms with van der Waals surface area (Å²) in [6.45, 7) is 1.12. The van der Waals surface area contributed by atoms with Crippen molar-refractivity contribution >= 4 is 16.7 Å². The van der Waals surface area contributed by atoms with E-state index in [1.165, 1.54) is 6.07 Å². The van der Waals surface area contributed by atoms with Crippen LogP contribution in [0.3, 0.4) is 0 Å². The van der Waals surface area contributed by atoms with Gasteiger partial charge in [-0.15, -0.1) is 0 Å². The molecule has 0 spiro atoms. The van der Waals surface area contributed by atoms with E-state index in [2.05, 4.69) is 0 Å². The van der Waals surface area contributed by atoms with Gasteiger partial charge in [0.15, 0.2) is 0 Å². The second-order valence-corrected chi connectivity index (χ2v) is 6.02. The van der Waals surface area contributed by atoms with Gasteiger partial charge in [-0.1, -0.05) is 18.2 Å². The van der Waals surface area contributed by atoms with Gasteiger partial charge in [-0.3, -0.25) is 9.00 Å². The first-order valence-electron chi connectivity index (χ1n) is 6.03. The highest BCUT2D eigenvalue weighted by Gasteiger charge is 2.19. The number of hydrogen-bond donors (Lipinski definition) is 0. The zero-order chi connectivity index (χ0) is 13.0. The summed E-state index contributed by atoms with van der Waals surface area (Å²) in [6.07, 6.45) is 0.735. The minimum absolute atomic E-state index is 0.0231. The Kier molecular flexibility index (Phi) is 4.47. The highest BCUT2D eigenvalue weighted by molar-refractivity contribution is 7.85. The average Bonchev–Trinajstić information content (AvgIpc) is 2.38. The molecule has 1 amide bonds. The highest BCUT2D eigenvalue weighted by Crippen LogP contribution is 2.11. The molecule has 1 aromatic carbocycles. The first-order valence-corrected chi connectivity index (χ1v) is 7.52. The topological polar surface area (TPSA) is 37.4 Å². The van der Waals surface area contributed by atoms with Gasteiger partial charge >= 0.3 is 0 Å². The molecule has 0 radical (unpaired) electrons. The van der Waals surface area contributed by atoms with Gasteiger partial charge < -0.3 is 4.90 Å². The van der Waals surface area contributed by atoms with Gasteiger partial charge in [-0.25, -0.2) is 4.39 Å². The van der Waals surface area contributed by atoms with E-state index in [9.17, 15) is 13.4 Å². The number of nitrogens with zero attached hydrogens (tertiary/aromatic N) is 1. The smallest absolute Gasteiger partial charge is 0.222 e. The van der Waals surface area contributed by atoms with Gasteiger partial charge in [0.25, 0.3) is 0 Å². The monoisotopic (exact) mass is 269 g/mol. The number of benzene rings is 1. The highest BCUT2D eigenvalue weighted by atomic mass is 32.2. The molecule has 0 N–H and O–H groups in total. The minimum Gasteiger partial charge on any atom is -0.341 e. The Bertz CT molecular complexity index is 454. The van der Waals surface area contributed by atoms with Crippen LogP contribution in [0.4, 0.5) is 4.39 Å². The molecule has 0 atom stereocenters. The van der Waals surface area contributed by atoms with Crippen LogP contribution in [0.1, 0.15) is 12.0 Å². The van der Waals surface area contributed by atoms with Crippen LogP contribution in [0.15, 0.2) is 24.3 Å². The molecular weight excluding hydrogens is 253 g/mol. The molecular formula is C13H16FNO2S. The van der Waals surface area contributed by atoms with Gasteiger partial charge in [0, 0.05) is 41.8 Å². The molecule has 0 saturated carbocycles. The van der Waals surface area contributed by atoms with Crippen molar-refractivity contribution in [1.82, 2.24) is 4.90 Å². The van der Waals surface area contributed by atoms with Gasteiger partial charge in [0.1, 0.15) is 5.82 Å². The van der Waals surface area contributed by atoms with E-state index in [1.807, 2.05) is 0 Å². The molecule has 0 unspecified atom stereocenters. The van der Waals surface area contributed by atoms with E-state index in [-0.39, 0.29) is 11.7 Å². The SMILES string of the molecule is O=C(CCc1ccccc1F)N1CCS(=O)CC1. The summed E-state index contributed by atoms with van der Waals surface area (Å²) in [7, 11) is -0.775. The maximum Gasteiger partial charge on any atom is 0.222 e. The first kappa shape index (κ1) is 13.2. The Morgan fingerprint density at radius 2 is 1.94 bits per heavy atom. The summed E-state index contributed by atoms with van der Waals surface area (Å²) in [5.41, 5.74) is 0.575. The molecule has 3 nitrogen and oxygen atoms in total. The Labute approximate surface area is 108 Å². The maximum absolute atomic E-state index is 13.4. The van der Waals surface area contributed by atoms with Crippen LogP contribution in [0.5, 0.6) is 0 Å². The van der Waals surface area contributed by atoms with Crippen molar-refractivity contribution < 1.29 is 13.4 Å². The second-order valence-electron chi connectivity index (χ2n) is 4.32. The van der Waals surface area contributed by atoms with Crippen molar-refractivity contribution in [3.63, 3.8) is 0 Å². The lowest BCUT2D eigenvalue weighted by atomic mass is 10.1. The van der Waals surface area contributed by atoms with Crippen LogP contribution < -0.4 is 0 Å². The quantitative estimate of drug-likeness (QED) is 0.830. The van der Waals surface area contributed by atoms with E-state index in [0.29, 0.717) is 43.0 Å². The molecule has 1 heterocycles. The second kappa shape index (κ2) is 6.09. The van der Waals surface area contributed by atoms with Gasteiger partial charge in [0.05, 0.1) is 0 Å². The fraction of sp³-hybridized carbons (Fsp3) is 0.462. The number of amides is 1. The summed E-state index contributed by atoms with van der Waals surface area (Å²) in [6, 6.07) is 6.52. The first-order chi connectivity index (χ1) is 8.66. The zero-order valence-corrected chi connectivity index (χ0v) is 10.9. The molecule has 1 saturated heterocycles. The molecule has 0 aliphatic carbocycles. The summed E-state index contributed by atoms with van der Waals surface area (Å²) < 4.78 is 24.5. The Morgan fingerprint density at radius 1 is 1.28 bits per heavy atom. The van der Waals surface area contributed by atoms with Crippen molar-refractivity contribution in [3.05, 3.63) is 35.6 Å². The molecule has 5 heteroatoms. The third-order valence-corrected chi connectivity index (χ3v) is 4.37. The van der Waals surface area contributed by atoms with Crippen LogP contribution >= 0.6 is 0 Å². The van der Waals surface area contributed by atoms with E-state index < -0.39 is 10.8 Å². The van der Waals surface area contributed by atoms with Crippen molar-refractivity contribution in [2.75, 3.05) is 24.6 Å². The third kappa shape index (κ3) is 3.38. The van der Waals surface area contributed by atoms with Crippen molar-refractivity contribution in [2.24, 2.45) is 0 Å². The van der Waals surface area contributed by atoms with Crippen LogP contribution in [0.25, 0.3) is 0 Å². The largest absolute Gasteiger partial charge is 0.341 e. The standard InChI is InChI=1S/C13H16FNO2S/c14-12-4-2-1-3-11(12)5-6-13(16)15-7-9-18(17)10-8-15/h1-4H,5-10H2. The zero-order valence-electron chi connectivity index (χ0n) is 10.1. The van der Waals surface area contributed by atoms with Crippen molar-refractivity contribution in [3.8, 4) is 0 Å². The van der Waals surface area contributed by atoms with Crippen LogP contribution in [-0.4, -0.2) is 39.6 Å². The maximum atomic E-state index is 13.4. The molecule has 1 aliphatic rings. The van der Waals surface area contributed by atoms with Crippen molar-refractivity contribution in [1.29, 1.82) is 0 Å². The Hall–Kier alpha value is -1.23. The lowest BCUT2D eigenvalue weighted by molar-refractivity contribution is -0.130. The Morgan fingerprint density at radius 3 is 2.61 bits per heavy atom. The van der Waals surface area contributed by atoms with Crippen LogP contribution in [0.2, 0.25) is 0 Å². The minimum atomic E-state index is -0.775. The average molecular weight is 269 g/mol. The number of hydrogen-bond acceptors (Lipinski definition) is 2. The molecule has 1 aliphatic heterocycles. The summed E-state index contributed by atoms with van der Waals surface area (Å²) in [4.78, 5) is 13.6. The fourth-order valence-electron chi connectivity index (χ4n) is 1.99. The number of carbonyl (C=O) groups is 1. The molecule has 0 aromatic heterocycles. The predicted octanol–water partition coefficient (Wildman–Crippen LogP) is 1.35. The van der Waals surface area contributed by atoms with E-state index >= 15 is 0 Å². The van der Waals surface area contributed by atoms with Crippen molar-refractivity contribution in [2.45, 2.75) is 12.8 Å². The summed E-state index contributed by atoms with van der Waals surface area (Å²) >= 11 is 0. The van der Waals surface area contributed by atoms with Gasteiger partial charge in [-0.05, 0) is 18.1 Å². The number of halogens is 1. The number of rotatable bonds is 3. The normalized spacial score (nSPS) is 16.8. The summed E-state index contributed by atoms with van der Waals surface area (Å²) in [5, 5.41) is 0. The number of aryl methyl sites for hydroxylation is 1. The van der Waals surface area contributed by atoms with Gasteiger partial charge in [-0.2, -0.15) is 0 Å². The lowest BCUT2D eigenvalue weighted by Gasteiger charge is -2.26.